The second-order valence-corrected chi connectivity index (χ2v) is 4.42. The van der Waals surface area contributed by atoms with Crippen LogP contribution < -0.4 is 5.32 Å². The van der Waals surface area contributed by atoms with Gasteiger partial charge in [-0.2, -0.15) is 18.3 Å². The van der Waals surface area contributed by atoms with Crippen molar-refractivity contribution in [1.82, 2.24) is 10.2 Å². The fourth-order valence-corrected chi connectivity index (χ4v) is 1.71. The Bertz CT molecular complexity index is 708. The number of hydrogen-bond donors (Lipinski definition) is 2. The van der Waals surface area contributed by atoms with Crippen LogP contribution in [0.5, 0.6) is 0 Å². The Morgan fingerprint density at radius 3 is 2.48 bits per heavy atom. The number of rotatable bonds is 4. The summed E-state index contributed by atoms with van der Waals surface area (Å²) in [6.07, 6.45) is -4.95. The molecule has 0 saturated heterocycles. The van der Waals surface area contributed by atoms with Gasteiger partial charge in [-0.15, -0.1) is 0 Å². The summed E-state index contributed by atoms with van der Waals surface area (Å²) < 4.78 is 41.3. The van der Waals surface area contributed by atoms with Crippen LogP contribution in [-0.2, 0) is 9.53 Å². The molecule has 0 unspecified atom stereocenters. The smallest absolute Gasteiger partial charge is 0.461 e. The number of anilines is 1. The lowest BCUT2D eigenvalue weighted by molar-refractivity contribution is -0.167. The zero-order valence-electron chi connectivity index (χ0n) is 11.9. The molecule has 122 valence electrons. The van der Waals surface area contributed by atoms with E-state index in [4.69, 9.17) is 4.74 Å². The molecule has 1 aromatic heterocycles. The number of aromatic nitrogens is 2. The predicted octanol–water partition coefficient (Wildman–Crippen LogP) is 2.75. The minimum atomic E-state index is -4.95. The van der Waals surface area contributed by atoms with Crippen molar-refractivity contribution in [2.45, 2.75) is 13.1 Å². The molecule has 0 aliphatic heterocycles. The van der Waals surface area contributed by atoms with E-state index in [0.29, 0.717) is 11.3 Å². The summed E-state index contributed by atoms with van der Waals surface area (Å²) in [5.41, 5.74) is 1.14. The maximum absolute atomic E-state index is 12.2. The molecule has 2 rings (SSSR count). The van der Waals surface area contributed by atoms with E-state index in [9.17, 15) is 22.8 Å². The van der Waals surface area contributed by atoms with Gasteiger partial charge in [-0.1, -0.05) is 12.1 Å². The van der Waals surface area contributed by atoms with Crippen molar-refractivity contribution < 1.29 is 27.5 Å². The molecule has 0 atom stereocenters. The van der Waals surface area contributed by atoms with Gasteiger partial charge in [0.05, 0.1) is 12.3 Å². The Morgan fingerprint density at radius 2 is 1.91 bits per heavy atom. The molecule has 2 aromatic rings. The third-order valence-electron chi connectivity index (χ3n) is 2.77. The molecule has 0 aliphatic rings. The van der Waals surface area contributed by atoms with Crippen molar-refractivity contribution in [3.8, 4) is 11.3 Å². The molecule has 1 heterocycles. The van der Waals surface area contributed by atoms with Crippen LogP contribution in [0.4, 0.5) is 18.9 Å². The standard InChI is InChI=1S/C14H12F3N3O3/c1-2-23-12(21)11-7-10(19-20-11)8-3-5-9(6-4-8)18-13(22)14(15,16)17/h3-7H,2H2,1H3,(H,18,22)(H,19,20). The van der Waals surface area contributed by atoms with Gasteiger partial charge in [0.2, 0.25) is 0 Å². The number of amides is 1. The first-order valence-electron chi connectivity index (χ1n) is 6.52. The first kappa shape index (κ1) is 16.5. The van der Waals surface area contributed by atoms with Crippen LogP contribution in [0.15, 0.2) is 30.3 Å². The molecule has 23 heavy (non-hydrogen) atoms. The number of benzene rings is 1. The average molecular weight is 327 g/mol. The quantitative estimate of drug-likeness (QED) is 0.846. The van der Waals surface area contributed by atoms with Crippen LogP contribution in [0, 0.1) is 0 Å². The summed E-state index contributed by atoms with van der Waals surface area (Å²) in [5.74, 6) is -2.60. The van der Waals surface area contributed by atoms with E-state index in [2.05, 4.69) is 10.2 Å². The van der Waals surface area contributed by atoms with Gasteiger partial charge < -0.3 is 10.1 Å². The highest BCUT2D eigenvalue weighted by atomic mass is 19.4. The van der Waals surface area contributed by atoms with E-state index >= 15 is 0 Å². The monoisotopic (exact) mass is 327 g/mol. The zero-order valence-corrected chi connectivity index (χ0v) is 11.9. The minimum Gasteiger partial charge on any atom is -0.461 e. The van der Waals surface area contributed by atoms with E-state index < -0.39 is 18.1 Å². The van der Waals surface area contributed by atoms with Crippen LogP contribution in [-0.4, -0.2) is 34.9 Å². The van der Waals surface area contributed by atoms with E-state index in [1.807, 2.05) is 0 Å². The van der Waals surface area contributed by atoms with Crippen molar-refractivity contribution in [2.24, 2.45) is 0 Å². The van der Waals surface area contributed by atoms with Gasteiger partial charge in [0, 0.05) is 11.3 Å². The molecule has 6 nitrogen and oxygen atoms in total. The van der Waals surface area contributed by atoms with Gasteiger partial charge in [0.15, 0.2) is 0 Å². The van der Waals surface area contributed by atoms with Crippen molar-refractivity contribution >= 4 is 17.6 Å². The van der Waals surface area contributed by atoms with Gasteiger partial charge in [0.1, 0.15) is 5.69 Å². The Balaban J connectivity index is 2.11. The normalized spacial score (nSPS) is 11.1. The number of halogens is 3. The van der Waals surface area contributed by atoms with Crippen LogP contribution in [0.25, 0.3) is 11.3 Å². The summed E-state index contributed by atoms with van der Waals surface area (Å²) in [4.78, 5) is 22.3. The number of carbonyl (C=O) groups is 2. The highest BCUT2D eigenvalue weighted by Crippen LogP contribution is 2.22. The summed E-state index contributed by atoms with van der Waals surface area (Å²) in [6.45, 7) is 1.89. The molecule has 0 bridgehead atoms. The fourth-order valence-electron chi connectivity index (χ4n) is 1.71. The zero-order chi connectivity index (χ0) is 17.0. The third kappa shape index (κ3) is 4.09. The lowest BCUT2D eigenvalue weighted by Gasteiger charge is -2.08. The highest BCUT2D eigenvalue weighted by Gasteiger charge is 2.38. The molecule has 2 N–H and O–H groups in total. The number of alkyl halides is 3. The molecule has 0 saturated carbocycles. The van der Waals surface area contributed by atoms with Crippen molar-refractivity contribution in [3.63, 3.8) is 0 Å². The number of nitrogens with one attached hydrogen (secondary N) is 2. The fraction of sp³-hybridized carbons (Fsp3) is 0.214. The molecule has 9 heteroatoms. The Hall–Kier alpha value is -2.84. The first-order chi connectivity index (χ1) is 10.8. The third-order valence-corrected chi connectivity index (χ3v) is 2.77. The van der Waals surface area contributed by atoms with Crippen LogP contribution >= 0.6 is 0 Å². The first-order valence-corrected chi connectivity index (χ1v) is 6.52. The van der Waals surface area contributed by atoms with Crippen molar-refractivity contribution in [3.05, 3.63) is 36.0 Å². The number of esters is 1. The van der Waals surface area contributed by atoms with Crippen LogP contribution in [0.2, 0.25) is 0 Å². The molecule has 0 fully saturated rings. The predicted molar refractivity (Wildman–Crippen MR) is 74.7 cm³/mol. The number of carbonyl (C=O) groups excluding carboxylic acids is 2. The van der Waals surface area contributed by atoms with E-state index in [0.717, 1.165) is 0 Å². The molecule has 1 amide bonds. The Morgan fingerprint density at radius 1 is 1.26 bits per heavy atom. The number of ether oxygens (including phenoxy) is 1. The van der Waals surface area contributed by atoms with Gasteiger partial charge in [-0.3, -0.25) is 9.89 Å². The number of nitrogens with zero attached hydrogens (tertiary/aromatic N) is 1. The number of H-pyrrole nitrogens is 1. The maximum Gasteiger partial charge on any atom is 0.471 e. The van der Waals surface area contributed by atoms with Gasteiger partial charge >= 0.3 is 18.1 Å². The average Bonchev–Trinajstić information content (AvgIpc) is 2.97. The summed E-state index contributed by atoms with van der Waals surface area (Å²) in [6, 6.07) is 7.00. The largest absolute Gasteiger partial charge is 0.471 e. The summed E-state index contributed by atoms with van der Waals surface area (Å²) in [7, 11) is 0. The van der Waals surface area contributed by atoms with Gasteiger partial charge in [-0.05, 0) is 25.1 Å². The Labute approximate surface area is 128 Å². The molecule has 0 spiro atoms. The van der Waals surface area contributed by atoms with Crippen LogP contribution in [0.1, 0.15) is 17.4 Å². The summed E-state index contributed by atoms with van der Waals surface area (Å²) in [5, 5.41) is 8.17. The van der Waals surface area contributed by atoms with E-state index in [1.54, 1.807) is 12.2 Å². The van der Waals surface area contributed by atoms with Gasteiger partial charge in [0.25, 0.3) is 0 Å². The second-order valence-electron chi connectivity index (χ2n) is 4.42. The molecule has 1 aromatic carbocycles. The lowest BCUT2D eigenvalue weighted by atomic mass is 10.1. The SMILES string of the molecule is CCOC(=O)c1cc(-c2ccc(NC(=O)C(F)(F)F)cc2)n[nH]1. The van der Waals surface area contributed by atoms with Crippen LogP contribution in [0.3, 0.4) is 0 Å². The molecular formula is C14H12F3N3O3. The topological polar surface area (TPSA) is 84.1 Å². The number of aromatic amines is 1. The number of hydrogen-bond acceptors (Lipinski definition) is 4. The van der Waals surface area contributed by atoms with E-state index in [-0.39, 0.29) is 18.0 Å². The summed E-state index contributed by atoms with van der Waals surface area (Å²) >= 11 is 0. The maximum atomic E-state index is 12.2. The minimum absolute atomic E-state index is 0.00257. The molecule has 0 aliphatic carbocycles. The lowest BCUT2D eigenvalue weighted by Crippen LogP contribution is -2.29. The van der Waals surface area contributed by atoms with Crippen molar-refractivity contribution in [1.29, 1.82) is 0 Å². The van der Waals surface area contributed by atoms with E-state index in [1.165, 1.54) is 30.3 Å². The Kier molecular flexibility index (Phi) is 4.68. The highest BCUT2D eigenvalue weighted by molar-refractivity contribution is 5.95. The molecular weight excluding hydrogens is 315 g/mol. The van der Waals surface area contributed by atoms with Crippen molar-refractivity contribution in [2.75, 3.05) is 11.9 Å². The molecule has 0 radical (unpaired) electrons. The van der Waals surface area contributed by atoms with Gasteiger partial charge in [-0.25, -0.2) is 4.79 Å². The second kappa shape index (κ2) is 6.51.